The lowest BCUT2D eigenvalue weighted by Gasteiger charge is -2.16. The Morgan fingerprint density at radius 1 is 1.30 bits per heavy atom. The van der Waals surface area contributed by atoms with E-state index in [9.17, 15) is 0 Å². The van der Waals surface area contributed by atoms with E-state index in [0.29, 0.717) is 6.54 Å². The van der Waals surface area contributed by atoms with Gasteiger partial charge in [0, 0.05) is 24.0 Å². The molecular weight excluding hydrogens is 266 g/mol. The first-order valence-corrected chi connectivity index (χ1v) is 7.43. The first-order valence-electron chi connectivity index (χ1n) is 6.55. The summed E-state index contributed by atoms with van der Waals surface area (Å²) in [6.07, 6.45) is 0. The van der Waals surface area contributed by atoms with Gasteiger partial charge in [-0.25, -0.2) is 4.98 Å². The highest BCUT2D eigenvalue weighted by molar-refractivity contribution is 7.09. The normalized spacial score (nSPS) is 10.4. The average Bonchev–Trinajstić information content (AvgIpc) is 2.83. The van der Waals surface area contributed by atoms with Gasteiger partial charge in [0.25, 0.3) is 0 Å². The van der Waals surface area contributed by atoms with E-state index in [1.165, 1.54) is 5.56 Å². The maximum atomic E-state index is 5.44. The third-order valence-electron chi connectivity index (χ3n) is 2.88. The minimum Gasteiger partial charge on any atom is -0.320 e. The van der Waals surface area contributed by atoms with E-state index >= 15 is 0 Å². The molecule has 0 atom stereocenters. The average molecular weight is 285 g/mol. The van der Waals surface area contributed by atoms with Crippen LogP contribution < -0.4 is 5.73 Å². The highest BCUT2D eigenvalue weighted by Gasteiger charge is 2.06. The number of nitrogens with zero attached hydrogens (tertiary/aromatic N) is 2. The van der Waals surface area contributed by atoms with Crippen molar-refractivity contribution in [3.8, 4) is 11.8 Å². The topological polar surface area (TPSA) is 42.2 Å². The highest BCUT2D eigenvalue weighted by atomic mass is 32.1. The summed E-state index contributed by atoms with van der Waals surface area (Å²) in [5.74, 6) is 6.05. The summed E-state index contributed by atoms with van der Waals surface area (Å²) >= 11 is 1.69. The molecule has 0 amide bonds. The van der Waals surface area contributed by atoms with Crippen molar-refractivity contribution in [3.05, 3.63) is 51.5 Å². The maximum Gasteiger partial charge on any atom is 0.0897 e. The van der Waals surface area contributed by atoms with Crippen molar-refractivity contribution in [2.75, 3.05) is 13.6 Å². The number of aryl methyl sites for hydroxylation is 1. The quantitative estimate of drug-likeness (QED) is 0.877. The summed E-state index contributed by atoms with van der Waals surface area (Å²) in [6, 6.07) is 8.21. The van der Waals surface area contributed by atoms with E-state index in [-0.39, 0.29) is 0 Å². The standard InChI is InChI=1S/C16H19N3S/c1-13-18-16(12-20-13)11-19(2)10-15-7-4-3-6-14(15)8-5-9-17/h3-4,6-7,12H,9-11,17H2,1-2H3. The van der Waals surface area contributed by atoms with Crippen LogP contribution >= 0.6 is 11.3 Å². The van der Waals surface area contributed by atoms with Crippen LogP contribution in [0.2, 0.25) is 0 Å². The van der Waals surface area contributed by atoms with Crippen LogP contribution in [0.5, 0.6) is 0 Å². The van der Waals surface area contributed by atoms with Crippen molar-refractivity contribution >= 4 is 11.3 Å². The second-order valence-electron chi connectivity index (χ2n) is 4.69. The minimum atomic E-state index is 0.391. The van der Waals surface area contributed by atoms with E-state index in [1.54, 1.807) is 11.3 Å². The molecule has 0 saturated carbocycles. The molecule has 0 radical (unpaired) electrons. The van der Waals surface area contributed by atoms with Crippen LogP contribution in [0.3, 0.4) is 0 Å². The van der Waals surface area contributed by atoms with Crippen molar-refractivity contribution in [2.24, 2.45) is 5.73 Å². The molecule has 2 aromatic rings. The van der Waals surface area contributed by atoms with Crippen molar-refractivity contribution in [2.45, 2.75) is 20.0 Å². The molecule has 1 aromatic carbocycles. The Bertz CT molecular complexity index is 622. The SMILES string of the molecule is Cc1nc(CN(C)Cc2ccccc2C#CCN)cs1. The number of benzene rings is 1. The molecule has 0 aliphatic rings. The molecule has 1 aromatic heterocycles. The molecule has 2 N–H and O–H groups in total. The van der Waals surface area contributed by atoms with Gasteiger partial charge in [0.1, 0.15) is 0 Å². The van der Waals surface area contributed by atoms with Gasteiger partial charge in [0.15, 0.2) is 0 Å². The van der Waals surface area contributed by atoms with Crippen LogP contribution in [0.4, 0.5) is 0 Å². The van der Waals surface area contributed by atoms with Gasteiger partial charge in [-0.05, 0) is 25.6 Å². The summed E-state index contributed by atoms with van der Waals surface area (Å²) in [5.41, 5.74) is 8.85. The van der Waals surface area contributed by atoms with Crippen molar-refractivity contribution in [1.29, 1.82) is 0 Å². The van der Waals surface area contributed by atoms with E-state index in [0.717, 1.165) is 29.4 Å². The third kappa shape index (κ3) is 4.17. The monoisotopic (exact) mass is 285 g/mol. The van der Waals surface area contributed by atoms with Crippen molar-refractivity contribution < 1.29 is 0 Å². The summed E-state index contributed by atoms with van der Waals surface area (Å²) in [6.45, 7) is 4.13. The molecule has 2 rings (SSSR count). The number of rotatable bonds is 4. The summed E-state index contributed by atoms with van der Waals surface area (Å²) in [4.78, 5) is 6.74. The lowest BCUT2D eigenvalue weighted by atomic mass is 10.1. The Morgan fingerprint density at radius 3 is 2.80 bits per heavy atom. The molecule has 0 saturated heterocycles. The van der Waals surface area contributed by atoms with E-state index in [2.05, 4.69) is 40.2 Å². The molecular formula is C16H19N3S. The molecule has 4 heteroatoms. The molecule has 1 heterocycles. The summed E-state index contributed by atoms with van der Waals surface area (Å²) in [7, 11) is 2.10. The van der Waals surface area contributed by atoms with Gasteiger partial charge >= 0.3 is 0 Å². The molecule has 0 bridgehead atoms. The third-order valence-corrected chi connectivity index (χ3v) is 3.70. The van der Waals surface area contributed by atoms with Crippen LogP contribution in [0.15, 0.2) is 29.6 Å². The van der Waals surface area contributed by atoms with Gasteiger partial charge in [-0.1, -0.05) is 30.0 Å². The molecule has 0 fully saturated rings. The van der Waals surface area contributed by atoms with Gasteiger partial charge in [-0.15, -0.1) is 11.3 Å². The smallest absolute Gasteiger partial charge is 0.0897 e. The fraction of sp³-hybridized carbons (Fsp3) is 0.312. The predicted octanol–water partition coefficient (Wildman–Crippen LogP) is 2.39. The second-order valence-corrected chi connectivity index (χ2v) is 5.76. The van der Waals surface area contributed by atoms with Crippen molar-refractivity contribution in [1.82, 2.24) is 9.88 Å². The van der Waals surface area contributed by atoms with Gasteiger partial charge in [-0.3, -0.25) is 4.90 Å². The molecule has 0 unspecified atom stereocenters. The fourth-order valence-corrected chi connectivity index (χ4v) is 2.63. The van der Waals surface area contributed by atoms with E-state index < -0.39 is 0 Å². The zero-order chi connectivity index (χ0) is 14.4. The van der Waals surface area contributed by atoms with Crippen LogP contribution in [0.25, 0.3) is 0 Å². The van der Waals surface area contributed by atoms with E-state index in [1.807, 2.05) is 25.1 Å². The van der Waals surface area contributed by atoms with E-state index in [4.69, 9.17) is 5.73 Å². The summed E-state index contributed by atoms with van der Waals surface area (Å²) in [5, 5.41) is 3.23. The Labute approximate surface area is 124 Å². The molecule has 20 heavy (non-hydrogen) atoms. The number of thiazole rings is 1. The highest BCUT2D eigenvalue weighted by Crippen LogP contribution is 2.14. The maximum absolute atomic E-state index is 5.44. The van der Waals surface area contributed by atoms with Crippen LogP contribution in [0.1, 0.15) is 21.8 Å². The number of aromatic nitrogens is 1. The lowest BCUT2D eigenvalue weighted by molar-refractivity contribution is 0.315. The first kappa shape index (κ1) is 14.7. The predicted molar refractivity (Wildman–Crippen MR) is 84.4 cm³/mol. The summed E-state index contributed by atoms with van der Waals surface area (Å²) < 4.78 is 0. The van der Waals surface area contributed by atoms with Crippen LogP contribution in [-0.2, 0) is 13.1 Å². The molecule has 3 nitrogen and oxygen atoms in total. The Hall–Kier alpha value is -1.67. The number of hydrogen-bond acceptors (Lipinski definition) is 4. The zero-order valence-corrected chi connectivity index (χ0v) is 12.7. The van der Waals surface area contributed by atoms with Crippen molar-refractivity contribution in [3.63, 3.8) is 0 Å². The van der Waals surface area contributed by atoms with Gasteiger partial charge in [-0.2, -0.15) is 0 Å². The second kappa shape index (κ2) is 7.20. The van der Waals surface area contributed by atoms with Crippen LogP contribution in [0, 0.1) is 18.8 Å². The largest absolute Gasteiger partial charge is 0.320 e. The zero-order valence-electron chi connectivity index (χ0n) is 11.9. The van der Waals surface area contributed by atoms with Gasteiger partial charge in [0.2, 0.25) is 0 Å². The Kier molecular flexibility index (Phi) is 5.31. The minimum absolute atomic E-state index is 0.391. The Morgan fingerprint density at radius 2 is 2.10 bits per heavy atom. The first-order chi connectivity index (χ1) is 9.69. The molecule has 0 spiro atoms. The molecule has 0 aliphatic heterocycles. The van der Waals surface area contributed by atoms with Gasteiger partial charge in [0.05, 0.1) is 17.2 Å². The molecule has 0 aliphatic carbocycles. The molecule has 104 valence electrons. The number of hydrogen-bond donors (Lipinski definition) is 1. The van der Waals surface area contributed by atoms with Gasteiger partial charge < -0.3 is 5.73 Å². The lowest BCUT2D eigenvalue weighted by Crippen LogP contribution is -2.18. The fourth-order valence-electron chi connectivity index (χ4n) is 2.03. The number of nitrogens with two attached hydrogens (primary N) is 1. The van der Waals surface area contributed by atoms with Crippen LogP contribution in [-0.4, -0.2) is 23.5 Å². The Balaban J connectivity index is 2.05.